The molecule has 0 radical (unpaired) electrons. The van der Waals surface area contributed by atoms with E-state index in [9.17, 15) is 8.42 Å². The molecule has 0 spiro atoms. The van der Waals surface area contributed by atoms with Crippen LogP contribution in [0.4, 0.5) is 0 Å². The van der Waals surface area contributed by atoms with Crippen LogP contribution >= 0.6 is 31.9 Å². The summed E-state index contributed by atoms with van der Waals surface area (Å²) in [6, 6.07) is 8.34. The first-order chi connectivity index (χ1) is 7.43. The first-order valence-corrected chi connectivity index (χ1v) is 8.37. The molecule has 6 heteroatoms. The molecule has 0 atom stereocenters. The molecule has 1 aromatic rings. The highest BCUT2D eigenvalue weighted by Crippen LogP contribution is 2.16. The Bertz CT molecular complexity index is 429. The maximum Gasteiger partial charge on any atom is 0.241 e. The topological polar surface area (TPSA) is 46.2 Å². The first kappa shape index (κ1) is 14.2. The third-order valence-corrected chi connectivity index (χ3v) is 6.15. The molecule has 0 bridgehead atoms. The molecule has 0 aliphatic heterocycles. The molecule has 0 saturated carbocycles. The van der Waals surface area contributed by atoms with Crippen LogP contribution < -0.4 is 4.72 Å². The third kappa shape index (κ3) is 3.55. The molecule has 3 nitrogen and oxygen atoms in total. The van der Waals surface area contributed by atoms with Crippen LogP contribution in [-0.4, -0.2) is 24.6 Å². The third-order valence-electron chi connectivity index (χ3n) is 2.02. The van der Waals surface area contributed by atoms with Gasteiger partial charge in [0.15, 0.2) is 0 Å². The molecular weight excluding hydrogens is 358 g/mol. The van der Waals surface area contributed by atoms with Crippen LogP contribution in [-0.2, 0) is 10.0 Å². The molecular formula is C10H13Br2NO2S. The molecule has 0 aliphatic rings. The number of hydrogen-bond acceptors (Lipinski definition) is 2. The maximum atomic E-state index is 12.0. The fourth-order valence-electron chi connectivity index (χ4n) is 1.07. The lowest BCUT2D eigenvalue weighted by molar-refractivity contribution is 0.509. The van der Waals surface area contributed by atoms with Crippen molar-refractivity contribution in [2.45, 2.75) is 17.4 Å². The van der Waals surface area contributed by atoms with Crippen LogP contribution in [0.1, 0.15) is 6.92 Å². The largest absolute Gasteiger partial charge is 0.241 e. The van der Waals surface area contributed by atoms with Crippen LogP contribution in [0, 0.1) is 0 Å². The Morgan fingerprint density at radius 2 is 1.69 bits per heavy atom. The fraction of sp³-hybridized carbons (Fsp3) is 0.400. The predicted octanol–water partition coefficient (Wildman–Crippen LogP) is 2.51. The molecule has 0 unspecified atom stereocenters. The Morgan fingerprint density at radius 1 is 1.19 bits per heavy atom. The molecule has 0 aliphatic carbocycles. The van der Waals surface area contributed by atoms with Gasteiger partial charge in [0.1, 0.15) is 0 Å². The van der Waals surface area contributed by atoms with Gasteiger partial charge in [-0.15, -0.1) is 0 Å². The lowest BCUT2D eigenvalue weighted by Gasteiger charge is -2.25. The second kappa shape index (κ2) is 5.62. The van der Waals surface area contributed by atoms with Crippen molar-refractivity contribution in [3.05, 3.63) is 30.3 Å². The molecule has 90 valence electrons. The van der Waals surface area contributed by atoms with E-state index >= 15 is 0 Å². The number of nitrogens with one attached hydrogen (secondary N) is 1. The van der Waals surface area contributed by atoms with Crippen molar-refractivity contribution in [1.29, 1.82) is 0 Å². The molecule has 1 rings (SSSR count). The van der Waals surface area contributed by atoms with Crippen molar-refractivity contribution in [3.8, 4) is 0 Å². The zero-order chi connectivity index (χ0) is 12.2. The lowest BCUT2D eigenvalue weighted by Crippen LogP contribution is -2.48. The molecule has 0 amide bonds. The van der Waals surface area contributed by atoms with Gasteiger partial charge in [-0.2, -0.15) is 0 Å². The summed E-state index contributed by atoms with van der Waals surface area (Å²) in [6.45, 7) is 1.83. The van der Waals surface area contributed by atoms with E-state index in [1.54, 1.807) is 30.3 Å². The number of sulfonamides is 1. The number of rotatable bonds is 5. The number of halogens is 2. The van der Waals surface area contributed by atoms with Crippen molar-refractivity contribution >= 4 is 41.9 Å². The zero-order valence-corrected chi connectivity index (χ0v) is 12.8. The molecule has 1 N–H and O–H groups in total. The van der Waals surface area contributed by atoms with E-state index in [-0.39, 0.29) is 4.90 Å². The minimum absolute atomic E-state index is 0.281. The van der Waals surface area contributed by atoms with Crippen LogP contribution in [0.2, 0.25) is 0 Å². The fourth-order valence-corrected chi connectivity index (χ4v) is 4.08. The second-order valence-electron chi connectivity index (χ2n) is 3.75. The van der Waals surface area contributed by atoms with Crippen LogP contribution in [0.25, 0.3) is 0 Å². The van der Waals surface area contributed by atoms with Gasteiger partial charge in [-0.25, -0.2) is 13.1 Å². The van der Waals surface area contributed by atoms with Gasteiger partial charge < -0.3 is 0 Å². The van der Waals surface area contributed by atoms with Crippen LogP contribution in [0.15, 0.2) is 35.2 Å². The van der Waals surface area contributed by atoms with E-state index in [2.05, 4.69) is 36.6 Å². The summed E-state index contributed by atoms with van der Waals surface area (Å²) in [7, 11) is -3.45. The molecule has 16 heavy (non-hydrogen) atoms. The highest BCUT2D eigenvalue weighted by Gasteiger charge is 2.28. The number of benzene rings is 1. The number of hydrogen-bond donors (Lipinski definition) is 1. The summed E-state index contributed by atoms with van der Waals surface area (Å²) in [5.74, 6) is 0. The Morgan fingerprint density at radius 3 is 2.12 bits per heavy atom. The lowest BCUT2D eigenvalue weighted by atomic mass is 10.1. The highest BCUT2D eigenvalue weighted by atomic mass is 79.9. The molecule has 0 aromatic heterocycles. The van der Waals surface area contributed by atoms with Crippen molar-refractivity contribution in [2.24, 2.45) is 0 Å². The monoisotopic (exact) mass is 369 g/mol. The summed E-state index contributed by atoms with van der Waals surface area (Å²) >= 11 is 6.60. The van der Waals surface area contributed by atoms with E-state index in [0.717, 1.165) is 0 Å². The Labute approximate surface area is 113 Å². The van der Waals surface area contributed by atoms with E-state index in [0.29, 0.717) is 10.7 Å². The normalized spacial score (nSPS) is 12.7. The maximum absolute atomic E-state index is 12.0. The highest BCUT2D eigenvalue weighted by molar-refractivity contribution is 9.09. The summed E-state index contributed by atoms with van der Waals surface area (Å²) in [5, 5.41) is 1.08. The number of alkyl halides is 2. The van der Waals surface area contributed by atoms with Crippen LogP contribution in [0.3, 0.4) is 0 Å². The van der Waals surface area contributed by atoms with Crippen molar-refractivity contribution < 1.29 is 8.42 Å². The first-order valence-electron chi connectivity index (χ1n) is 4.64. The predicted molar refractivity (Wildman–Crippen MR) is 72.8 cm³/mol. The second-order valence-corrected chi connectivity index (χ2v) is 6.55. The van der Waals surface area contributed by atoms with Crippen LogP contribution in [0.5, 0.6) is 0 Å². The molecule has 0 fully saturated rings. The smallest absolute Gasteiger partial charge is 0.207 e. The van der Waals surface area contributed by atoms with E-state index < -0.39 is 15.6 Å². The average Bonchev–Trinajstić information content (AvgIpc) is 2.29. The van der Waals surface area contributed by atoms with Gasteiger partial charge in [0.25, 0.3) is 0 Å². The quantitative estimate of drug-likeness (QED) is 0.809. The molecule has 0 heterocycles. The minimum atomic E-state index is -3.45. The van der Waals surface area contributed by atoms with E-state index in [1.807, 2.05) is 6.92 Å². The Kier molecular flexibility index (Phi) is 4.97. The molecule has 1 aromatic carbocycles. The minimum Gasteiger partial charge on any atom is -0.207 e. The van der Waals surface area contributed by atoms with Gasteiger partial charge in [0.05, 0.1) is 4.90 Å². The van der Waals surface area contributed by atoms with Gasteiger partial charge in [-0.05, 0) is 19.1 Å². The van der Waals surface area contributed by atoms with Gasteiger partial charge >= 0.3 is 0 Å². The summed E-state index contributed by atoms with van der Waals surface area (Å²) in [4.78, 5) is 0.281. The Hall–Kier alpha value is 0.0900. The van der Waals surface area contributed by atoms with Crippen molar-refractivity contribution in [1.82, 2.24) is 4.72 Å². The van der Waals surface area contributed by atoms with Gasteiger partial charge in [-0.1, -0.05) is 50.1 Å². The Balaban J connectivity index is 2.97. The standard InChI is InChI=1S/C10H13Br2NO2S/c1-10(7-11,8-12)13-16(14,15)9-5-3-2-4-6-9/h2-6,13H,7-8H2,1H3. The molecule has 0 saturated heterocycles. The zero-order valence-electron chi connectivity index (χ0n) is 8.78. The average molecular weight is 371 g/mol. The summed E-state index contributed by atoms with van der Waals surface area (Å²) < 4.78 is 26.7. The van der Waals surface area contributed by atoms with Gasteiger partial charge in [-0.3, -0.25) is 0 Å². The SMILES string of the molecule is CC(CBr)(CBr)NS(=O)(=O)c1ccccc1. The van der Waals surface area contributed by atoms with E-state index in [4.69, 9.17) is 0 Å². The summed E-state index contributed by atoms with van der Waals surface area (Å²) in [6.07, 6.45) is 0. The van der Waals surface area contributed by atoms with Gasteiger partial charge in [0.2, 0.25) is 10.0 Å². The van der Waals surface area contributed by atoms with Gasteiger partial charge in [0, 0.05) is 16.2 Å². The van der Waals surface area contributed by atoms with Crippen molar-refractivity contribution in [3.63, 3.8) is 0 Å². The van der Waals surface area contributed by atoms with E-state index in [1.165, 1.54) is 0 Å². The summed E-state index contributed by atoms with van der Waals surface area (Å²) in [5.41, 5.74) is -0.533. The van der Waals surface area contributed by atoms with Crippen molar-refractivity contribution in [2.75, 3.05) is 10.7 Å².